The molecule has 0 aromatic heterocycles. The van der Waals surface area contributed by atoms with Crippen molar-refractivity contribution in [1.29, 1.82) is 0 Å². The van der Waals surface area contributed by atoms with E-state index in [0.717, 1.165) is 20.9 Å². The fourth-order valence-corrected chi connectivity index (χ4v) is 2.53. The van der Waals surface area contributed by atoms with E-state index in [0.29, 0.717) is 18.0 Å². The predicted molar refractivity (Wildman–Crippen MR) is 77.9 cm³/mol. The van der Waals surface area contributed by atoms with E-state index in [9.17, 15) is 9.90 Å². The summed E-state index contributed by atoms with van der Waals surface area (Å²) in [6.45, 7) is 0.335. The molecule has 2 N–H and O–H groups in total. The third-order valence-corrected chi connectivity index (χ3v) is 4.17. The number of amides is 1. The number of carbonyl (C=O) groups is 1. The molecule has 1 atom stereocenters. The van der Waals surface area contributed by atoms with Gasteiger partial charge in [0.15, 0.2) is 0 Å². The lowest BCUT2D eigenvalue weighted by molar-refractivity contribution is 0.0900. The summed E-state index contributed by atoms with van der Waals surface area (Å²) in [5.41, 5.74) is 0.611. The first-order valence-corrected chi connectivity index (χ1v) is 7.36. The van der Waals surface area contributed by atoms with E-state index in [-0.39, 0.29) is 5.91 Å². The van der Waals surface area contributed by atoms with Gasteiger partial charge in [-0.25, -0.2) is 0 Å². The molecule has 0 heterocycles. The molecule has 0 saturated heterocycles. The fraction of sp³-hybridized carbons (Fsp3) is 0.417. The van der Waals surface area contributed by atoms with Crippen molar-refractivity contribution in [2.75, 3.05) is 6.54 Å². The molecular formula is C12H13BrINO2. The summed E-state index contributed by atoms with van der Waals surface area (Å²) in [7, 11) is 0. The molecule has 0 bridgehead atoms. The van der Waals surface area contributed by atoms with E-state index < -0.39 is 6.10 Å². The summed E-state index contributed by atoms with van der Waals surface area (Å²) in [6, 6.07) is 5.61. The summed E-state index contributed by atoms with van der Waals surface area (Å²) < 4.78 is 1.79. The highest BCUT2D eigenvalue weighted by atomic mass is 127. The van der Waals surface area contributed by atoms with E-state index in [1.54, 1.807) is 0 Å². The molecule has 3 nitrogen and oxygen atoms in total. The second-order valence-corrected chi connectivity index (χ2v) is 6.34. The van der Waals surface area contributed by atoms with Crippen molar-refractivity contribution in [3.05, 3.63) is 31.8 Å². The SMILES string of the molecule is O=C(NCC(O)C1CC1)c1cc(I)ccc1Br. The first kappa shape index (κ1) is 13.3. The molecule has 0 spiro atoms. The van der Waals surface area contributed by atoms with Gasteiger partial charge in [0.25, 0.3) is 5.91 Å². The van der Waals surface area contributed by atoms with E-state index in [1.165, 1.54) is 0 Å². The second-order valence-electron chi connectivity index (χ2n) is 4.24. The first-order valence-electron chi connectivity index (χ1n) is 5.49. The molecule has 1 aliphatic rings. The molecule has 5 heteroatoms. The number of hydrogen-bond acceptors (Lipinski definition) is 2. The smallest absolute Gasteiger partial charge is 0.252 e. The van der Waals surface area contributed by atoms with Crippen molar-refractivity contribution >= 4 is 44.4 Å². The van der Waals surface area contributed by atoms with Crippen molar-refractivity contribution in [3.63, 3.8) is 0 Å². The van der Waals surface area contributed by atoms with Crippen LogP contribution in [0.1, 0.15) is 23.2 Å². The van der Waals surface area contributed by atoms with Crippen LogP contribution in [-0.4, -0.2) is 23.7 Å². The molecule has 0 aliphatic heterocycles. The van der Waals surface area contributed by atoms with Gasteiger partial charge in [0.05, 0.1) is 11.7 Å². The Bertz CT molecular complexity index is 435. The van der Waals surface area contributed by atoms with Gasteiger partial charge in [-0.2, -0.15) is 0 Å². The van der Waals surface area contributed by atoms with Gasteiger partial charge in [0.1, 0.15) is 0 Å². The quantitative estimate of drug-likeness (QED) is 0.751. The molecular weight excluding hydrogens is 397 g/mol. The summed E-state index contributed by atoms with van der Waals surface area (Å²) in [6.07, 6.45) is 1.74. The molecule has 17 heavy (non-hydrogen) atoms. The highest BCUT2D eigenvalue weighted by Crippen LogP contribution is 2.32. The number of aliphatic hydroxyl groups excluding tert-OH is 1. The second kappa shape index (κ2) is 5.67. The zero-order valence-corrected chi connectivity index (χ0v) is 12.9. The third-order valence-electron chi connectivity index (χ3n) is 2.81. The molecule has 1 unspecified atom stereocenters. The Kier molecular flexibility index (Phi) is 4.43. The molecule has 1 amide bonds. The van der Waals surface area contributed by atoms with Crippen LogP contribution in [0.4, 0.5) is 0 Å². The lowest BCUT2D eigenvalue weighted by Gasteiger charge is -2.11. The molecule has 1 fully saturated rings. The van der Waals surface area contributed by atoms with Crippen LogP contribution in [0, 0.1) is 9.49 Å². The largest absolute Gasteiger partial charge is 0.391 e. The molecule has 92 valence electrons. The maximum absolute atomic E-state index is 11.9. The van der Waals surface area contributed by atoms with E-state index in [2.05, 4.69) is 43.8 Å². The van der Waals surface area contributed by atoms with Crippen LogP contribution < -0.4 is 5.32 Å². The number of nitrogens with one attached hydrogen (secondary N) is 1. The number of halogens is 2. The van der Waals surface area contributed by atoms with Crippen molar-refractivity contribution in [3.8, 4) is 0 Å². The Morgan fingerprint density at radius 1 is 1.59 bits per heavy atom. The van der Waals surface area contributed by atoms with Crippen LogP contribution in [0.15, 0.2) is 22.7 Å². The van der Waals surface area contributed by atoms with Crippen molar-refractivity contribution in [2.24, 2.45) is 5.92 Å². The van der Waals surface area contributed by atoms with E-state index in [4.69, 9.17) is 0 Å². The molecule has 2 rings (SSSR count). The molecule has 1 aromatic rings. The average molecular weight is 410 g/mol. The minimum atomic E-state index is -0.402. The predicted octanol–water partition coefficient (Wildman–Crippen LogP) is 2.55. The lowest BCUT2D eigenvalue weighted by Crippen LogP contribution is -2.33. The summed E-state index contributed by atoms with van der Waals surface area (Å²) >= 11 is 5.52. The fourth-order valence-electron chi connectivity index (χ4n) is 1.61. The summed E-state index contributed by atoms with van der Waals surface area (Å²) in [5.74, 6) is 0.241. The van der Waals surface area contributed by atoms with Gasteiger partial charge in [-0.15, -0.1) is 0 Å². The Balaban J connectivity index is 1.96. The van der Waals surface area contributed by atoms with Gasteiger partial charge in [0.2, 0.25) is 0 Å². The molecule has 1 aliphatic carbocycles. The van der Waals surface area contributed by atoms with Crippen molar-refractivity contribution in [2.45, 2.75) is 18.9 Å². The molecule has 0 radical (unpaired) electrons. The summed E-state index contributed by atoms with van der Waals surface area (Å²) in [5, 5.41) is 12.4. The number of aliphatic hydroxyl groups is 1. The minimum absolute atomic E-state index is 0.143. The number of benzene rings is 1. The van der Waals surface area contributed by atoms with Crippen LogP contribution in [0.5, 0.6) is 0 Å². The topological polar surface area (TPSA) is 49.3 Å². The first-order chi connectivity index (χ1) is 8.08. The average Bonchev–Trinajstić information content (AvgIpc) is 3.12. The zero-order valence-electron chi connectivity index (χ0n) is 9.12. The van der Waals surface area contributed by atoms with Crippen molar-refractivity contribution < 1.29 is 9.90 Å². The number of hydrogen-bond donors (Lipinski definition) is 2. The summed E-state index contributed by atoms with van der Waals surface area (Å²) in [4.78, 5) is 11.9. The van der Waals surface area contributed by atoms with Crippen LogP contribution >= 0.6 is 38.5 Å². The molecule has 1 aromatic carbocycles. The van der Waals surface area contributed by atoms with Crippen molar-refractivity contribution in [1.82, 2.24) is 5.32 Å². The van der Waals surface area contributed by atoms with Gasteiger partial charge in [-0.3, -0.25) is 4.79 Å². The Morgan fingerprint density at radius 2 is 2.29 bits per heavy atom. The minimum Gasteiger partial charge on any atom is -0.391 e. The maximum atomic E-state index is 11.9. The highest BCUT2D eigenvalue weighted by Gasteiger charge is 2.29. The Hall–Kier alpha value is -0.140. The standard InChI is InChI=1S/C12H13BrINO2/c13-10-4-3-8(14)5-9(10)12(17)15-6-11(16)7-1-2-7/h3-5,7,11,16H,1-2,6H2,(H,15,17). The van der Waals surface area contributed by atoms with Crippen LogP contribution in [0.2, 0.25) is 0 Å². The number of rotatable bonds is 4. The van der Waals surface area contributed by atoms with Gasteiger partial charge in [0, 0.05) is 14.6 Å². The van der Waals surface area contributed by atoms with E-state index in [1.807, 2.05) is 18.2 Å². The Labute approximate surface area is 122 Å². The lowest BCUT2D eigenvalue weighted by atomic mass is 10.2. The normalized spacial score (nSPS) is 16.6. The van der Waals surface area contributed by atoms with Crippen LogP contribution in [-0.2, 0) is 0 Å². The zero-order chi connectivity index (χ0) is 12.4. The monoisotopic (exact) mass is 409 g/mol. The van der Waals surface area contributed by atoms with Crippen LogP contribution in [0.3, 0.4) is 0 Å². The molecule has 1 saturated carbocycles. The van der Waals surface area contributed by atoms with Gasteiger partial charge in [-0.1, -0.05) is 0 Å². The van der Waals surface area contributed by atoms with Gasteiger partial charge < -0.3 is 10.4 Å². The number of carbonyl (C=O) groups excluding carboxylic acids is 1. The maximum Gasteiger partial charge on any atom is 0.252 e. The third kappa shape index (κ3) is 3.66. The van der Waals surface area contributed by atoms with Gasteiger partial charge >= 0.3 is 0 Å². The van der Waals surface area contributed by atoms with Gasteiger partial charge in [-0.05, 0) is 75.5 Å². The highest BCUT2D eigenvalue weighted by molar-refractivity contribution is 14.1. The van der Waals surface area contributed by atoms with E-state index >= 15 is 0 Å². The van der Waals surface area contributed by atoms with Crippen LogP contribution in [0.25, 0.3) is 0 Å². The Morgan fingerprint density at radius 3 is 2.94 bits per heavy atom.